The van der Waals surface area contributed by atoms with E-state index in [1.165, 1.54) is 15.9 Å². The number of nitrogens with one attached hydrogen (secondary N) is 1. The Morgan fingerprint density at radius 3 is 2.81 bits per heavy atom. The van der Waals surface area contributed by atoms with E-state index in [-0.39, 0.29) is 11.3 Å². The summed E-state index contributed by atoms with van der Waals surface area (Å²) >= 11 is 2.45. The molecular weight excluding hydrogens is 447 g/mol. The van der Waals surface area contributed by atoms with Crippen LogP contribution in [0.25, 0.3) is 15.9 Å². The maximum Gasteiger partial charge on any atom is 0.405 e. The first-order valence-corrected chi connectivity index (χ1v) is 11.6. The fourth-order valence-electron chi connectivity index (χ4n) is 3.67. The number of thioether (sulfide) groups is 1. The van der Waals surface area contributed by atoms with E-state index in [2.05, 4.69) is 4.98 Å². The van der Waals surface area contributed by atoms with Crippen molar-refractivity contribution in [3.8, 4) is 5.69 Å². The zero-order chi connectivity index (χ0) is 22.3. The number of aromatic nitrogens is 2. The van der Waals surface area contributed by atoms with Gasteiger partial charge in [0.1, 0.15) is 11.4 Å². The van der Waals surface area contributed by atoms with E-state index in [4.69, 9.17) is 0 Å². The number of halogens is 3. The number of rotatable bonds is 5. The molecule has 0 radical (unpaired) electrons. The average Bonchev–Trinajstić information content (AvgIpc) is 3.27. The van der Waals surface area contributed by atoms with E-state index in [1.54, 1.807) is 0 Å². The lowest BCUT2D eigenvalue weighted by Gasteiger charge is -2.15. The summed E-state index contributed by atoms with van der Waals surface area (Å²) in [4.78, 5) is 32.0. The van der Waals surface area contributed by atoms with Gasteiger partial charge in [0.05, 0.1) is 16.8 Å². The van der Waals surface area contributed by atoms with Crippen LogP contribution in [-0.4, -0.2) is 33.9 Å². The van der Waals surface area contributed by atoms with Crippen LogP contribution >= 0.6 is 23.1 Å². The van der Waals surface area contributed by atoms with Crippen molar-refractivity contribution < 1.29 is 18.0 Å². The van der Waals surface area contributed by atoms with E-state index in [0.29, 0.717) is 21.1 Å². The van der Waals surface area contributed by atoms with Crippen LogP contribution in [-0.2, 0) is 17.6 Å². The van der Waals surface area contributed by atoms with Crippen LogP contribution < -0.4 is 10.9 Å². The SMILES string of the molecule is Cc1ccc(C)c(-n2c(SCC(=O)NCC(F)(F)F)nc3sc4c(c3c2=O)CCC4)c1. The molecule has 0 fully saturated rings. The smallest absolute Gasteiger partial charge is 0.346 e. The number of hydrogen-bond donors (Lipinski definition) is 1. The summed E-state index contributed by atoms with van der Waals surface area (Å²) in [5.74, 6) is -1.04. The standard InChI is InChI=1S/C21H20F3N3O2S2/c1-11-6-7-12(2)14(8-11)27-19(29)17-13-4-3-5-15(13)31-18(17)26-20(27)30-9-16(28)25-10-21(22,23)24/h6-8H,3-5,9-10H2,1-2H3,(H,25,28). The highest BCUT2D eigenvalue weighted by atomic mass is 32.2. The molecule has 0 bridgehead atoms. The molecule has 3 aromatic rings. The van der Waals surface area contributed by atoms with Gasteiger partial charge in [-0.05, 0) is 55.9 Å². The van der Waals surface area contributed by atoms with Gasteiger partial charge in [0.2, 0.25) is 5.91 Å². The summed E-state index contributed by atoms with van der Waals surface area (Å²) in [6.07, 6.45) is -1.71. The first-order valence-electron chi connectivity index (χ1n) is 9.75. The van der Waals surface area contributed by atoms with Crippen molar-refractivity contribution in [2.24, 2.45) is 0 Å². The molecule has 164 valence electrons. The summed E-state index contributed by atoms with van der Waals surface area (Å²) in [6, 6.07) is 5.73. The fraction of sp³-hybridized carbons (Fsp3) is 0.381. The number of carbonyl (C=O) groups excluding carboxylic acids is 1. The minimum Gasteiger partial charge on any atom is -0.346 e. The molecule has 1 aliphatic carbocycles. The van der Waals surface area contributed by atoms with Crippen molar-refractivity contribution in [2.75, 3.05) is 12.3 Å². The summed E-state index contributed by atoms with van der Waals surface area (Å²) in [5.41, 5.74) is 3.34. The zero-order valence-corrected chi connectivity index (χ0v) is 18.6. The molecule has 1 aromatic carbocycles. The first kappa shape index (κ1) is 21.9. The van der Waals surface area contributed by atoms with E-state index in [1.807, 2.05) is 37.4 Å². The lowest BCUT2D eigenvalue weighted by atomic mass is 10.1. The molecule has 0 saturated heterocycles. The Bertz CT molecular complexity index is 1230. The number of nitrogens with zero attached hydrogens (tertiary/aromatic N) is 2. The van der Waals surface area contributed by atoms with Crippen molar-refractivity contribution in [2.45, 2.75) is 44.4 Å². The number of fused-ring (bicyclic) bond motifs is 3. The predicted molar refractivity (Wildman–Crippen MR) is 117 cm³/mol. The number of amides is 1. The lowest BCUT2D eigenvalue weighted by molar-refractivity contribution is -0.136. The van der Waals surface area contributed by atoms with Gasteiger partial charge in [-0.3, -0.25) is 14.2 Å². The number of carbonyl (C=O) groups is 1. The van der Waals surface area contributed by atoms with Gasteiger partial charge in [0.25, 0.3) is 5.56 Å². The third kappa shape index (κ3) is 4.50. The summed E-state index contributed by atoms with van der Waals surface area (Å²) < 4.78 is 38.6. The molecule has 31 heavy (non-hydrogen) atoms. The summed E-state index contributed by atoms with van der Waals surface area (Å²) in [5, 5.41) is 2.77. The van der Waals surface area contributed by atoms with Gasteiger partial charge in [-0.25, -0.2) is 4.98 Å². The predicted octanol–water partition coefficient (Wildman–Crippen LogP) is 4.32. The average molecular weight is 468 g/mol. The molecule has 10 heteroatoms. The Labute approximate surface area is 184 Å². The third-order valence-electron chi connectivity index (χ3n) is 5.13. The van der Waals surface area contributed by atoms with Gasteiger partial charge >= 0.3 is 6.18 Å². The Balaban J connectivity index is 1.77. The second-order valence-electron chi connectivity index (χ2n) is 7.54. The molecule has 4 rings (SSSR count). The van der Waals surface area contributed by atoms with E-state index in [9.17, 15) is 22.8 Å². The fourth-order valence-corrected chi connectivity index (χ4v) is 5.81. The highest BCUT2D eigenvalue weighted by Crippen LogP contribution is 2.36. The van der Waals surface area contributed by atoms with Gasteiger partial charge in [-0.2, -0.15) is 13.2 Å². The minimum absolute atomic E-state index is 0.198. The van der Waals surface area contributed by atoms with Crippen molar-refractivity contribution >= 4 is 39.2 Å². The number of hydrogen-bond acceptors (Lipinski definition) is 5. The third-order valence-corrected chi connectivity index (χ3v) is 7.26. The summed E-state index contributed by atoms with van der Waals surface area (Å²) in [7, 11) is 0. The molecule has 0 atom stereocenters. The monoisotopic (exact) mass is 467 g/mol. The van der Waals surface area contributed by atoms with Gasteiger partial charge < -0.3 is 5.32 Å². The first-order chi connectivity index (χ1) is 14.6. The van der Waals surface area contributed by atoms with Crippen LogP contribution in [0.15, 0.2) is 28.2 Å². The van der Waals surface area contributed by atoms with Crippen LogP contribution in [0.2, 0.25) is 0 Å². The number of benzene rings is 1. The van der Waals surface area contributed by atoms with Gasteiger partial charge in [0.15, 0.2) is 5.16 Å². The van der Waals surface area contributed by atoms with E-state index < -0.39 is 18.6 Å². The normalized spacial score (nSPS) is 13.6. The molecule has 2 heterocycles. The zero-order valence-electron chi connectivity index (χ0n) is 16.9. The number of thiophene rings is 1. The molecule has 5 nitrogen and oxygen atoms in total. The van der Waals surface area contributed by atoms with E-state index in [0.717, 1.165) is 52.6 Å². The molecule has 0 spiro atoms. The molecule has 0 aliphatic heterocycles. The second-order valence-corrected chi connectivity index (χ2v) is 9.57. The van der Waals surface area contributed by atoms with Gasteiger partial charge in [-0.1, -0.05) is 23.9 Å². The molecule has 0 unspecified atom stereocenters. The van der Waals surface area contributed by atoms with Crippen LogP contribution in [0, 0.1) is 13.8 Å². The summed E-state index contributed by atoms with van der Waals surface area (Å²) in [6.45, 7) is 2.41. The van der Waals surface area contributed by atoms with Crippen molar-refractivity contribution in [1.29, 1.82) is 0 Å². The highest BCUT2D eigenvalue weighted by Gasteiger charge is 2.28. The minimum atomic E-state index is -4.48. The maximum atomic E-state index is 13.6. The molecule has 2 aromatic heterocycles. The number of aryl methyl sites for hydroxylation is 4. The van der Waals surface area contributed by atoms with Crippen molar-refractivity contribution in [1.82, 2.24) is 14.9 Å². The van der Waals surface area contributed by atoms with Crippen LogP contribution in [0.5, 0.6) is 0 Å². The molecule has 1 N–H and O–H groups in total. The molecule has 1 amide bonds. The van der Waals surface area contributed by atoms with Gasteiger partial charge in [-0.15, -0.1) is 11.3 Å². The van der Waals surface area contributed by atoms with Gasteiger partial charge in [0, 0.05) is 4.88 Å². The van der Waals surface area contributed by atoms with Crippen LogP contribution in [0.3, 0.4) is 0 Å². The molecule has 1 aliphatic rings. The van der Waals surface area contributed by atoms with E-state index >= 15 is 0 Å². The topological polar surface area (TPSA) is 64.0 Å². The molecular formula is C21H20F3N3O2S2. The van der Waals surface area contributed by atoms with Crippen LogP contribution in [0.1, 0.15) is 28.0 Å². The Hall–Kier alpha value is -2.33. The maximum absolute atomic E-state index is 13.6. The Morgan fingerprint density at radius 1 is 1.29 bits per heavy atom. The van der Waals surface area contributed by atoms with Crippen molar-refractivity contribution in [3.05, 3.63) is 50.1 Å². The molecule has 0 saturated carbocycles. The lowest BCUT2D eigenvalue weighted by Crippen LogP contribution is -2.35. The Morgan fingerprint density at radius 2 is 2.06 bits per heavy atom. The van der Waals surface area contributed by atoms with Crippen LogP contribution in [0.4, 0.5) is 13.2 Å². The quantitative estimate of drug-likeness (QED) is 0.448. The largest absolute Gasteiger partial charge is 0.405 e. The highest BCUT2D eigenvalue weighted by molar-refractivity contribution is 7.99. The second kappa shape index (κ2) is 8.31. The van der Waals surface area contributed by atoms with Crippen molar-refractivity contribution in [3.63, 3.8) is 0 Å². The Kier molecular flexibility index (Phi) is 5.87. The number of alkyl halides is 3.